The van der Waals surface area contributed by atoms with Crippen LogP contribution in [-0.2, 0) is 4.74 Å². The van der Waals surface area contributed by atoms with Gasteiger partial charge in [0.1, 0.15) is 17.1 Å². The molecule has 0 saturated heterocycles. The molecule has 0 unspecified atom stereocenters. The number of nitrogens with zero attached hydrogens (tertiary/aromatic N) is 1. The molecule has 0 aliphatic carbocycles. The highest BCUT2D eigenvalue weighted by Crippen LogP contribution is 2.36. The highest BCUT2D eigenvalue weighted by Gasteiger charge is 2.19. The molecule has 4 aromatic carbocycles. The van der Waals surface area contributed by atoms with E-state index >= 15 is 0 Å². The number of anilines is 3. The van der Waals surface area contributed by atoms with E-state index in [9.17, 15) is 9.59 Å². The van der Waals surface area contributed by atoms with Crippen molar-refractivity contribution in [1.29, 1.82) is 0 Å². The molecule has 182 valence electrons. The Bertz CT molecular complexity index is 1300. The molecule has 0 bridgehead atoms. The maximum Gasteiger partial charge on any atom is 0.514 e. The van der Waals surface area contributed by atoms with Crippen molar-refractivity contribution in [2.45, 2.75) is 26.4 Å². The third-order valence-corrected chi connectivity index (χ3v) is 5.01. The summed E-state index contributed by atoms with van der Waals surface area (Å²) < 4.78 is 16.0. The van der Waals surface area contributed by atoms with Crippen LogP contribution in [0.25, 0.3) is 0 Å². The zero-order chi connectivity index (χ0) is 25.5. The second-order valence-corrected chi connectivity index (χ2v) is 8.98. The van der Waals surface area contributed by atoms with E-state index in [1.165, 1.54) is 0 Å². The zero-order valence-electron chi connectivity index (χ0n) is 20.4. The van der Waals surface area contributed by atoms with Crippen LogP contribution >= 0.6 is 0 Å². The van der Waals surface area contributed by atoms with Gasteiger partial charge in [0.15, 0.2) is 0 Å². The molecule has 0 amide bonds. The summed E-state index contributed by atoms with van der Waals surface area (Å²) in [7, 11) is 0. The van der Waals surface area contributed by atoms with E-state index < -0.39 is 17.7 Å². The van der Waals surface area contributed by atoms with Crippen molar-refractivity contribution in [2.24, 2.45) is 0 Å². The number of hydrogen-bond acceptors (Lipinski definition) is 6. The van der Waals surface area contributed by atoms with Crippen LogP contribution in [0, 0.1) is 0 Å². The summed E-state index contributed by atoms with van der Waals surface area (Å²) in [4.78, 5) is 26.4. The summed E-state index contributed by atoms with van der Waals surface area (Å²) in [6, 6.07) is 33.1. The molecule has 0 saturated carbocycles. The molecule has 6 nitrogen and oxygen atoms in total. The molecule has 0 aliphatic rings. The Kier molecular flexibility index (Phi) is 7.35. The predicted molar refractivity (Wildman–Crippen MR) is 139 cm³/mol. The molecular formula is C30H27NO5. The standard InChI is InChI=1S/C30H27NO5/c1-30(2,3)36-29(33)35-27-20-16-25(17-21-27)31(23-12-8-5-9-13-23)24-14-18-26(19-15-24)34-28(32)22-10-6-4-7-11-22/h4-21H,1-3H3. The van der Waals surface area contributed by atoms with Gasteiger partial charge in [-0.3, -0.25) is 0 Å². The quantitative estimate of drug-likeness (QED) is 0.160. The first-order valence-corrected chi connectivity index (χ1v) is 11.5. The molecule has 36 heavy (non-hydrogen) atoms. The molecule has 4 aromatic rings. The van der Waals surface area contributed by atoms with Gasteiger partial charge in [-0.2, -0.15) is 0 Å². The number of hydrogen-bond donors (Lipinski definition) is 0. The normalized spacial score (nSPS) is 10.9. The van der Waals surface area contributed by atoms with Crippen molar-refractivity contribution in [3.8, 4) is 11.5 Å². The summed E-state index contributed by atoms with van der Waals surface area (Å²) in [6.45, 7) is 5.34. The van der Waals surface area contributed by atoms with Crippen molar-refractivity contribution in [2.75, 3.05) is 4.90 Å². The second-order valence-electron chi connectivity index (χ2n) is 8.98. The fourth-order valence-electron chi connectivity index (χ4n) is 3.46. The Balaban J connectivity index is 1.55. The van der Waals surface area contributed by atoms with Crippen LogP contribution in [0.2, 0.25) is 0 Å². The lowest BCUT2D eigenvalue weighted by Gasteiger charge is -2.25. The largest absolute Gasteiger partial charge is 0.514 e. The molecular weight excluding hydrogens is 454 g/mol. The van der Waals surface area contributed by atoms with Gasteiger partial charge in [0.2, 0.25) is 0 Å². The lowest BCUT2D eigenvalue weighted by atomic mass is 10.2. The van der Waals surface area contributed by atoms with Crippen LogP contribution in [-0.4, -0.2) is 17.7 Å². The molecule has 0 heterocycles. The minimum absolute atomic E-state index is 0.379. The third-order valence-electron chi connectivity index (χ3n) is 5.01. The third kappa shape index (κ3) is 6.51. The molecule has 0 aromatic heterocycles. The molecule has 0 N–H and O–H groups in total. The van der Waals surface area contributed by atoms with Gasteiger partial charge >= 0.3 is 12.1 Å². The highest BCUT2D eigenvalue weighted by atomic mass is 16.7. The Morgan fingerprint density at radius 2 is 1.03 bits per heavy atom. The maximum absolute atomic E-state index is 12.4. The smallest absolute Gasteiger partial charge is 0.428 e. The van der Waals surface area contributed by atoms with E-state index in [1.807, 2.05) is 65.6 Å². The van der Waals surface area contributed by atoms with Gasteiger partial charge in [-0.1, -0.05) is 36.4 Å². The van der Waals surface area contributed by atoms with E-state index in [1.54, 1.807) is 69.3 Å². The lowest BCUT2D eigenvalue weighted by Crippen LogP contribution is -2.25. The number of carbonyl (C=O) groups is 2. The van der Waals surface area contributed by atoms with Crippen LogP contribution in [0.4, 0.5) is 21.9 Å². The van der Waals surface area contributed by atoms with Crippen molar-refractivity contribution >= 4 is 29.2 Å². The van der Waals surface area contributed by atoms with Gasteiger partial charge in [0.25, 0.3) is 0 Å². The van der Waals surface area contributed by atoms with E-state index in [0.29, 0.717) is 17.1 Å². The van der Waals surface area contributed by atoms with E-state index in [0.717, 1.165) is 17.1 Å². The van der Waals surface area contributed by atoms with Gasteiger partial charge in [-0.25, -0.2) is 9.59 Å². The number of esters is 1. The van der Waals surface area contributed by atoms with Crippen molar-refractivity contribution in [3.05, 3.63) is 115 Å². The van der Waals surface area contributed by atoms with Crippen molar-refractivity contribution < 1.29 is 23.8 Å². The molecule has 4 rings (SSSR count). The second kappa shape index (κ2) is 10.8. The SMILES string of the molecule is CC(C)(C)OC(=O)Oc1ccc(N(c2ccccc2)c2ccc(OC(=O)c3ccccc3)cc2)cc1. The topological polar surface area (TPSA) is 65.1 Å². The maximum atomic E-state index is 12.4. The van der Waals surface area contributed by atoms with Crippen LogP contribution in [0.3, 0.4) is 0 Å². The minimum Gasteiger partial charge on any atom is -0.428 e. The fraction of sp³-hybridized carbons (Fsp3) is 0.133. The molecule has 0 radical (unpaired) electrons. The van der Waals surface area contributed by atoms with Crippen LogP contribution in [0.1, 0.15) is 31.1 Å². The van der Waals surface area contributed by atoms with Crippen LogP contribution in [0.5, 0.6) is 11.5 Å². The summed E-state index contributed by atoms with van der Waals surface area (Å²) >= 11 is 0. The van der Waals surface area contributed by atoms with Gasteiger partial charge in [0.05, 0.1) is 5.56 Å². The summed E-state index contributed by atoms with van der Waals surface area (Å²) in [5.74, 6) is 0.412. The highest BCUT2D eigenvalue weighted by molar-refractivity contribution is 5.91. The number of carbonyl (C=O) groups excluding carboxylic acids is 2. The average Bonchev–Trinajstić information content (AvgIpc) is 2.86. The predicted octanol–water partition coefficient (Wildman–Crippen LogP) is 7.69. The first-order valence-electron chi connectivity index (χ1n) is 11.5. The van der Waals surface area contributed by atoms with Crippen LogP contribution < -0.4 is 14.4 Å². The summed E-state index contributed by atoms with van der Waals surface area (Å²) in [6.07, 6.45) is -0.754. The fourth-order valence-corrected chi connectivity index (χ4v) is 3.46. The minimum atomic E-state index is -0.754. The van der Waals surface area contributed by atoms with Crippen molar-refractivity contribution in [3.63, 3.8) is 0 Å². The van der Waals surface area contributed by atoms with Gasteiger partial charge in [0, 0.05) is 17.1 Å². The zero-order valence-corrected chi connectivity index (χ0v) is 20.4. The van der Waals surface area contributed by atoms with E-state index in [2.05, 4.69) is 0 Å². The Morgan fingerprint density at radius 1 is 0.583 bits per heavy atom. The molecule has 6 heteroatoms. The Hall–Kier alpha value is -4.58. The summed E-state index contributed by atoms with van der Waals surface area (Å²) in [5.41, 5.74) is 2.50. The Labute approximate surface area is 210 Å². The van der Waals surface area contributed by atoms with Crippen LogP contribution in [0.15, 0.2) is 109 Å². The lowest BCUT2D eigenvalue weighted by molar-refractivity contribution is 0.0206. The van der Waals surface area contributed by atoms with E-state index in [-0.39, 0.29) is 0 Å². The monoisotopic (exact) mass is 481 g/mol. The Morgan fingerprint density at radius 3 is 1.53 bits per heavy atom. The molecule has 0 spiro atoms. The molecule has 0 aliphatic heterocycles. The summed E-state index contributed by atoms with van der Waals surface area (Å²) in [5, 5.41) is 0. The number of ether oxygens (including phenoxy) is 3. The molecule has 0 atom stereocenters. The number of para-hydroxylation sites is 1. The first kappa shape index (κ1) is 24.5. The van der Waals surface area contributed by atoms with Gasteiger partial charge in [-0.15, -0.1) is 0 Å². The number of rotatable bonds is 6. The number of benzene rings is 4. The average molecular weight is 482 g/mol. The first-order chi connectivity index (χ1) is 17.3. The van der Waals surface area contributed by atoms with Gasteiger partial charge < -0.3 is 19.1 Å². The van der Waals surface area contributed by atoms with Crippen molar-refractivity contribution in [1.82, 2.24) is 0 Å². The van der Waals surface area contributed by atoms with E-state index in [4.69, 9.17) is 14.2 Å². The molecule has 0 fully saturated rings. The van der Waals surface area contributed by atoms with Gasteiger partial charge in [-0.05, 0) is 93.6 Å².